The van der Waals surface area contributed by atoms with E-state index < -0.39 is 0 Å². The minimum absolute atomic E-state index is 0.0420. The lowest BCUT2D eigenvalue weighted by Crippen LogP contribution is -2.30. The van der Waals surface area contributed by atoms with E-state index in [1.165, 1.54) is 5.56 Å². The summed E-state index contributed by atoms with van der Waals surface area (Å²) in [4.78, 5) is 0. The van der Waals surface area contributed by atoms with Gasteiger partial charge in [0.25, 0.3) is 0 Å². The number of ether oxygens (including phenoxy) is 2. The lowest BCUT2D eigenvalue weighted by molar-refractivity contribution is -0.0633. The molecule has 0 aliphatic carbocycles. The highest BCUT2D eigenvalue weighted by molar-refractivity contribution is 5.13. The van der Waals surface area contributed by atoms with E-state index in [4.69, 9.17) is 14.6 Å². The Morgan fingerprint density at radius 2 is 2.06 bits per heavy atom. The SMILES string of the molecule is OC[C@@H]1CC[C@H](COCc2ccccc2)CO1. The third kappa shape index (κ3) is 4.11. The zero-order chi connectivity index (χ0) is 11.9. The van der Waals surface area contributed by atoms with Crippen molar-refractivity contribution < 1.29 is 14.6 Å². The number of aliphatic hydroxyl groups is 1. The normalized spacial score (nSPS) is 24.8. The first kappa shape index (κ1) is 12.6. The Morgan fingerprint density at radius 1 is 1.24 bits per heavy atom. The van der Waals surface area contributed by atoms with Crippen LogP contribution in [0.1, 0.15) is 18.4 Å². The standard InChI is InChI=1S/C14H20O3/c15-8-14-7-6-13(11-17-14)10-16-9-12-4-2-1-3-5-12/h1-5,13-15H,6-11H2/t13-,14+/m1/s1. The maximum Gasteiger partial charge on any atom is 0.0806 e. The lowest BCUT2D eigenvalue weighted by Gasteiger charge is -2.27. The van der Waals surface area contributed by atoms with Gasteiger partial charge in [0.15, 0.2) is 0 Å². The Balaban J connectivity index is 1.63. The largest absolute Gasteiger partial charge is 0.394 e. The van der Waals surface area contributed by atoms with Crippen LogP contribution in [0.25, 0.3) is 0 Å². The zero-order valence-corrected chi connectivity index (χ0v) is 10.0. The summed E-state index contributed by atoms with van der Waals surface area (Å²) in [7, 11) is 0. The van der Waals surface area contributed by atoms with Gasteiger partial charge in [-0.1, -0.05) is 30.3 Å². The van der Waals surface area contributed by atoms with Gasteiger partial charge in [0.1, 0.15) is 0 Å². The summed E-state index contributed by atoms with van der Waals surface area (Å²) in [5, 5.41) is 8.95. The van der Waals surface area contributed by atoms with E-state index in [1.807, 2.05) is 18.2 Å². The Labute approximate surface area is 102 Å². The average Bonchev–Trinajstić information content (AvgIpc) is 2.41. The Morgan fingerprint density at radius 3 is 2.71 bits per heavy atom. The summed E-state index contributed by atoms with van der Waals surface area (Å²) >= 11 is 0. The number of benzene rings is 1. The van der Waals surface area contributed by atoms with Crippen LogP contribution in [0.15, 0.2) is 30.3 Å². The molecule has 2 atom stereocenters. The molecule has 1 heterocycles. The summed E-state index contributed by atoms with van der Waals surface area (Å²) in [6.07, 6.45) is 2.07. The molecule has 1 aliphatic rings. The van der Waals surface area contributed by atoms with E-state index in [0.717, 1.165) is 19.4 Å². The third-order valence-corrected chi connectivity index (χ3v) is 3.13. The molecule has 1 aliphatic heterocycles. The van der Waals surface area contributed by atoms with Crippen LogP contribution >= 0.6 is 0 Å². The van der Waals surface area contributed by atoms with Gasteiger partial charge in [-0.2, -0.15) is 0 Å². The average molecular weight is 236 g/mol. The van der Waals surface area contributed by atoms with Gasteiger partial charge < -0.3 is 14.6 Å². The molecule has 3 nitrogen and oxygen atoms in total. The first-order chi connectivity index (χ1) is 8.38. The molecule has 1 aromatic carbocycles. The second-order valence-corrected chi connectivity index (χ2v) is 4.58. The molecule has 1 N–H and O–H groups in total. The summed E-state index contributed by atoms with van der Waals surface area (Å²) in [6, 6.07) is 10.2. The fourth-order valence-electron chi connectivity index (χ4n) is 2.05. The van der Waals surface area contributed by atoms with Gasteiger partial charge in [-0.3, -0.25) is 0 Å². The summed E-state index contributed by atoms with van der Waals surface area (Å²) in [5.74, 6) is 0.474. The highest BCUT2D eigenvalue weighted by Crippen LogP contribution is 2.19. The van der Waals surface area contributed by atoms with Gasteiger partial charge in [-0.15, -0.1) is 0 Å². The molecule has 0 amide bonds. The lowest BCUT2D eigenvalue weighted by atomic mass is 9.99. The highest BCUT2D eigenvalue weighted by atomic mass is 16.5. The van der Waals surface area contributed by atoms with Crippen molar-refractivity contribution in [1.82, 2.24) is 0 Å². The van der Waals surface area contributed by atoms with E-state index in [0.29, 0.717) is 19.1 Å². The van der Waals surface area contributed by atoms with Gasteiger partial charge in [0, 0.05) is 5.92 Å². The molecule has 0 radical (unpaired) electrons. The van der Waals surface area contributed by atoms with Gasteiger partial charge in [0.2, 0.25) is 0 Å². The van der Waals surface area contributed by atoms with E-state index in [-0.39, 0.29) is 12.7 Å². The van der Waals surface area contributed by atoms with E-state index in [2.05, 4.69) is 12.1 Å². The van der Waals surface area contributed by atoms with Crippen molar-refractivity contribution in [2.24, 2.45) is 5.92 Å². The van der Waals surface area contributed by atoms with E-state index >= 15 is 0 Å². The van der Waals surface area contributed by atoms with Gasteiger partial charge in [-0.05, 0) is 18.4 Å². The predicted molar refractivity (Wildman–Crippen MR) is 65.6 cm³/mol. The minimum atomic E-state index is 0.0420. The van der Waals surface area contributed by atoms with Crippen LogP contribution < -0.4 is 0 Å². The predicted octanol–water partition coefficient (Wildman–Crippen LogP) is 1.99. The fraction of sp³-hybridized carbons (Fsp3) is 0.571. The van der Waals surface area contributed by atoms with Gasteiger partial charge in [-0.25, -0.2) is 0 Å². The molecule has 94 valence electrons. The van der Waals surface area contributed by atoms with Gasteiger partial charge in [0.05, 0.1) is 32.5 Å². The molecule has 0 spiro atoms. The number of hydrogen-bond acceptors (Lipinski definition) is 3. The van der Waals surface area contributed by atoms with Crippen LogP contribution in [0.5, 0.6) is 0 Å². The van der Waals surface area contributed by atoms with Crippen molar-refractivity contribution >= 4 is 0 Å². The molecule has 0 aromatic heterocycles. The monoisotopic (exact) mass is 236 g/mol. The van der Waals surface area contributed by atoms with Gasteiger partial charge >= 0.3 is 0 Å². The quantitative estimate of drug-likeness (QED) is 0.849. The molecule has 17 heavy (non-hydrogen) atoms. The van der Waals surface area contributed by atoms with Crippen LogP contribution in [0.4, 0.5) is 0 Å². The molecular formula is C14H20O3. The van der Waals surface area contributed by atoms with Crippen molar-refractivity contribution in [3.8, 4) is 0 Å². The van der Waals surface area contributed by atoms with Crippen molar-refractivity contribution in [3.05, 3.63) is 35.9 Å². The van der Waals surface area contributed by atoms with Crippen molar-refractivity contribution in [2.75, 3.05) is 19.8 Å². The molecular weight excluding hydrogens is 216 g/mol. The molecule has 1 saturated heterocycles. The summed E-state index contributed by atoms with van der Waals surface area (Å²) in [6.45, 7) is 2.26. The van der Waals surface area contributed by atoms with Crippen LogP contribution in [0.3, 0.4) is 0 Å². The molecule has 3 heteroatoms. The molecule has 2 rings (SSSR count). The van der Waals surface area contributed by atoms with Crippen molar-refractivity contribution in [1.29, 1.82) is 0 Å². The third-order valence-electron chi connectivity index (χ3n) is 3.13. The van der Waals surface area contributed by atoms with Crippen LogP contribution in [-0.2, 0) is 16.1 Å². The Hall–Kier alpha value is -0.900. The Kier molecular flexibility index (Phi) is 4.98. The number of hydrogen-bond donors (Lipinski definition) is 1. The molecule has 1 aromatic rings. The maximum atomic E-state index is 8.95. The zero-order valence-electron chi connectivity index (χ0n) is 10.0. The fourth-order valence-corrected chi connectivity index (χ4v) is 2.05. The molecule has 1 fully saturated rings. The van der Waals surface area contributed by atoms with Crippen LogP contribution in [0, 0.1) is 5.92 Å². The topological polar surface area (TPSA) is 38.7 Å². The molecule has 0 bridgehead atoms. The summed E-state index contributed by atoms with van der Waals surface area (Å²) in [5.41, 5.74) is 1.21. The smallest absolute Gasteiger partial charge is 0.0806 e. The first-order valence-electron chi connectivity index (χ1n) is 6.22. The number of aliphatic hydroxyl groups excluding tert-OH is 1. The Bertz CT molecular complexity index is 305. The highest BCUT2D eigenvalue weighted by Gasteiger charge is 2.20. The van der Waals surface area contributed by atoms with Crippen LogP contribution in [0.2, 0.25) is 0 Å². The second kappa shape index (κ2) is 6.74. The second-order valence-electron chi connectivity index (χ2n) is 4.58. The molecule has 0 saturated carbocycles. The maximum absolute atomic E-state index is 8.95. The van der Waals surface area contributed by atoms with Crippen molar-refractivity contribution in [3.63, 3.8) is 0 Å². The van der Waals surface area contributed by atoms with Crippen molar-refractivity contribution in [2.45, 2.75) is 25.6 Å². The van der Waals surface area contributed by atoms with E-state index in [1.54, 1.807) is 0 Å². The van der Waals surface area contributed by atoms with E-state index in [9.17, 15) is 0 Å². The summed E-state index contributed by atoms with van der Waals surface area (Å²) < 4.78 is 11.2. The first-order valence-corrected chi connectivity index (χ1v) is 6.22. The molecule has 0 unspecified atom stereocenters. The van der Waals surface area contributed by atoms with Crippen LogP contribution in [-0.4, -0.2) is 31.0 Å². The minimum Gasteiger partial charge on any atom is -0.394 e. The number of rotatable bonds is 5.